The van der Waals surface area contributed by atoms with Crippen LogP contribution in [0.3, 0.4) is 0 Å². The predicted octanol–water partition coefficient (Wildman–Crippen LogP) is 4.68. The summed E-state index contributed by atoms with van der Waals surface area (Å²) in [5, 5.41) is 15.7. The van der Waals surface area contributed by atoms with Crippen molar-refractivity contribution in [2.24, 2.45) is 15.4 Å². The highest BCUT2D eigenvalue weighted by Gasteiger charge is 2.55. The van der Waals surface area contributed by atoms with Crippen molar-refractivity contribution in [1.29, 1.82) is 0 Å². The van der Waals surface area contributed by atoms with Gasteiger partial charge in [-0.05, 0) is 41.3 Å². The van der Waals surface area contributed by atoms with Gasteiger partial charge < -0.3 is 0 Å². The molecule has 3 aliphatic rings. The number of hydrazone groups is 1. The summed E-state index contributed by atoms with van der Waals surface area (Å²) in [5.74, 6) is -1.20. The molecule has 6 rings (SSSR count). The molecule has 0 saturated carbocycles. The van der Waals surface area contributed by atoms with Gasteiger partial charge in [-0.25, -0.2) is 9.91 Å². The minimum atomic E-state index is -0.981. The number of halogens is 1. The first-order valence-corrected chi connectivity index (χ1v) is 13.6. The predicted molar refractivity (Wildman–Crippen MR) is 149 cm³/mol. The molecule has 0 aliphatic carbocycles. The van der Waals surface area contributed by atoms with Crippen LogP contribution < -0.4 is 4.90 Å². The van der Waals surface area contributed by atoms with Crippen molar-refractivity contribution in [3.8, 4) is 0 Å². The van der Waals surface area contributed by atoms with Crippen LogP contribution >= 0.6 is 15.9 Å². The summed E-state index contributed by atoms with van der Waals surface area (Å²) in [6.07, 6.45) is 1.20. The molecule has 3 aromatic rings. The molecule has 0 unspecified atom stereocenters. The van der Waals surface area contributed by atoms with E-state index in [2.05, 4.69) is 26.3 Å². The molecular weight excluding hydrogens is 560 g/mol. The molecule has 9 nitrogen and oxygen atoms in total. The summed E-state index contributed by atoms with van der Waals surface area (Å²) in [5.41, 5.74) is 4.10. The maximum absolute atomic E-state index is 13.7. The zero-order valence-corrected chi connectivity index (χ0v) is 22.7. The Labute approximate surface area is 233 Å². The number of rotatable bonds is 6. The highest BCUT2D eigenvalue weighted by atomic mass is 79.9. The zero-order valence-electron chi connectivity index (χ0n) is 21.1. The first-order chi connectivity index (χ1) is 19.0. The Morgan fingerprint density at radius 1 is 0.974 bits per heavy atom. The molecule has 3 amide bonds. The molecule has 0 bridgehead atoms. The molecule has 0 aromatic heterocycles. The van der Waals surface area contributed by atoms with Crippen molar-refractivity contribution in [2.75, 3.05) is 11.4 Å². The Morgan fingerprint density at radius 2 is 1.69 bits per heavy atom. The van der Waals surface area contributed by atoms with E-state index in [0.29, 0.717) is 18.5 Å². The summed E-state index contributed by atoms with van der Waals surface area (Å²) in [4.78, 5) is 41.7. The third kappa shape index (κ3) is 4.44. The summed E-state index contributed by atoms with van der Waals surface area (Å²) in [6, 6.07) is 22.7. The van der Waals surface area contributed by atoms with E-state index in [1.165, 1.54) is 14.9 Å². The number of amides is 3. The van der Waals surface area contributed by atoms with Crippen LogP contribution in [0.25, 0.3) is 0 Å². The Morgan fingerprint density at radius 3 is 2.41 bits per heavy atom. The molecule has 39 heavy (non-hydrogen) atoms. The highest BCUT2D eigenvalue weighted by Crippen LogP contribution is 2.36. The van der Waals surface area contributed by atoms with Crippen molar-refractivity contribution in [3.63, 3.8) is 0 Å². The second kappa shape index (κ2) is 10.2. The van der Waals surface area contributed by atoms with Crippen LogP contribution in [-0.4, -0.2) is 52.1 Å². The number of anilines is 1. The van der Waals surface area contributed by atoms with E-state index < -0.39 is 23.9 Å². The van der Waals surface area contributed by atoms with Gasteiger partial charge in [0.15, 0.2) is 12.1 Å². The number of nitrogens with zero attached hydrogens (tertiary/aromatic N) is 6. The van der Waals surface area contributed by atoms with Crippen LogP contribution in [0, 0.1) is 0 Å². The van der Waals surface area contributed by atoms with Gasteiger partial charge in [0.1, 0.15) is 6.54 Å². The number of carbonyl (C=O) groups is 3. The summed E-state index contributed by atoms with van der Waals surface area (Å²) >= 11 is 3.45. The number of fused-ring (bicyclic) bond motifs is 1. The molecule has 196 valence electrons. The fourth-order valence-corrected chi connectivity index (χ4v) is 5.75. The molecule has 0 N–H and O–H groups in total. The van der Waals surface area contributed by atoms with E-state index >= 15 is 0 Å². The average Bonchev–Trinajstić information content (AvgIpc) is 3.65. The van der Waals surface area contributed by atoms with Crippen molar-refractivity contribution < 1.29 is 14.4 Å². The van der Waals surface area contributed by atoms with Gasteiger partial charge in [-0.1, -0.05) is 88.7 Å². The van der Waals surface area contributed by atoms with E-state index in [-0.39, 0.29) is 18.5 Å². The summed E-state index contributed by atoms with van der Waals surface area (Å²) < 4.78 is 0.864. The van der Waals surface area contributed by atoms with E-state index in [9.17, 15) is 14.4 Å². The van der Waals surface area contributed by atoms with Gasteiger partial charge in [-0.2, -0.15) is 10.2 Å². The molecule has 1 saturated heterocycles. The maximum atomic E-state index is 13.7. The topological polar surface area (TPSA) is 98.0 Å². The molecule has 3 aliphatic heterocycles. The lowest BCUT2D eigenvalue weighted by Gasteiger charge is -2.25. The number of hydrogen-bond acceptors (Lipinski definition) is 7. The van der Waals surface area contributed by atoms with Crippen LogP contribution in [0.15, 0.2) is 98.8 Å². The molecule has 3 atom stereocenters. The first kappa shape index (κ1) is 25.1. The SMILES string of the molecule is CCc1cc(Br)ccc1N1C(=O)[C@H]2N=NN(CC(=O)N3N=C(c4ccccc4)C[C@@H]3c3ccccc3)[C@@H]2C1=O. The largest absolute Gasteiger partial charge is 0.271 e. The third-order valence-corrected chi connectivity index (χ3v) is 7.77. The Hall–Kier alpha value is -4.18. The maximum Gasteiger partial charge on any atom is 0.264 e. The van der Waals surface area contributed by atoms with Gasteiger partial charge in [-0.3, -0.25) is 19.4 Å². The second-order valence-corrected chi connectivity index (χ2v) is 10.5. The number of hydrogen-bond donors (Lipinski definition) is 0. The summed E-state index contributed by atoms with van der Waals surface area (Å²) in [6.45, 7) is 1.73. The van der Waals surface area contributed by atoms with E-state index in [4.69, 9.17) is 5.10 Å². The van der Waals surface area contributed by atoms with Crippen LogP contribution in [0.2, 0.25) is 0 Å². The van der Waals surface area contributed by atoms with Crippen LogP contribution in [0.5, 0.6) is 0 Å². The molecule has 0 radical (unpaired) electrons. The first-order valence-electron chi connectivity index (χ1n) is 12.8. The van der Waals surface area contributed by atoms with Crippen LogP contribution in [0.1, 0.15) is 36.1 Å². The fraction of sp³-hybridized carbons (Fsp3) is 0.241. The van der Waals surface area contributed by atoms with Gasteiger partial charge in [0, 0.05) is 10.9 Å². The van der Waals surface area contributed by atoms with Gasteiger partial charge in [0.25, 0.3) is 17.7 Å². The van der Waals surface area contributed by atoms with Gasteiger partial charge >= 0.3 is 0 Å². The van der Waals surface area contributed by atoms with Crippen molar-refractivity contribution in [2.45, 2.75) is 37.9 Å². The van der Waals surface area contributed by atoms with E-state index in [1.807, 2.05) is 73.7 Å². The van der Waals surface area contributed by atoms with Crippen molar-refractivity contribution in [3.05, 3.63) is 100 Å². The van der Waals surface area contributed by atoms with Crippen molar-refractivity contribution in [1.82, 2.24) is 10.0 Å². The molecule has 3 aromatic carbocycles. The smallest absolute Gasteiger partial charge is 0.264 e. The Kier molecular flexibility index (Phi) is 6.56. The molecule has 0 spiro atoms. The molecular formula is C29H25BrN6O3. The van der Waals surface area contributed by atoms with Crippen LogP contribution in [0.4, 0.5) is 5.69 Å². The number of imide groups is 1. The lowest BCUT2D eigenvalue weighted by Crippen LogP contribution is -2.44. The summed E-state index contributed by atoms with van der Waals surface area (Å²) in [7, 11) is 0. The average molecular weight is 585 g/mol. The van der Waals surface area contributed by atoms with E-state index in [1.54, 1.807) is 12.1 Å². The Balaban J connectivity index is 1.26. The molecule has 1 fully saturated rings. The van der Waals surface area contributed by atoms with Crippen LogP contribution in [-0.2, 0) is 20.8 Å². The highest BCUT2D eigenvalue weighted by molar-refractivity contribution is 9.10. The molecule has 3 heterocycles. The number of aryl methyl sites for hydroxylation is 1. The molecule has 10 heteroatoms. The lowest BCUT2D eigenvalue weighted by molar-refractivity contribution is -0.135. The van der Waals surface area contributed by atoms with Gasteiger partial charge in [0.05, 0.1) is 17.4 Å². The normalized spacial score (nSPS) is 22.1. The standard InChI is InChI=1S/C29H25BrN6O3/c1-2-18-15-21(30)13-14-23(18)35-28(38)26-27(29(35)39)34(33-31-26)17-25(37)36-24(20-11-7-4-8-12-20)16-22(32-36)19-9-5-3-6-10-19/h3-15,24,26-27H,2,16-17H2,1H3/t24-,26+,27+/m1/s1. The van der Waals surface area contributed by atoms with Crippen molar-refractivity contribution >= 4 is 45.1 Å². The third-order valence-electron chi connectivity index (χ3n) is 7.28. The minimum Gasteiger partial charge on any atom is -0.271 e. The van der Waals surface area contributed by atoms with Gasteiger partial charge in [0.2, 0.25) is 0 Å². The zero-order chi connectivity index (χ0) is 27.1. The Bertz CT molecular complexity index is 1510. The number of carbonyl (C=O) groups excluding carboxylic acids is 3. The quantitative estimate of drug-likeness (QED) is 0.393. The number of benzene rings is 3. The monoisotopic (exact) mass is 584 g/mol. The second-order valence-electron chi connectivity index (χ2n) is 9.61. The fourth-order valence-electron chi connectivity index (χ4n) is 5.34. The van der Waals surface area contributed by atoms with Gasteiger partial charge in [-0.15, -0.1) is 0 Å². The van der Waals surface area contributed by atoms with E-state index in [0.717, 1.165) is 26.9 Å². The lowest BCUT2D eigenvalue weighted by atomic mass is 9.98. The minimum absolute atomic E-state index is 0.229.